The van der Waals surface area contributed by atoms with E-state index in [2.05, 4.69) is 86.8 Å². The van der Waals surface area contributed by atoms with Crippen molar-refractivity contribution in [1.82, 2.24) is 0 Å². The molecular formula is C62H110O5. The average molecular weight is 936 g/mol. The van der Waals surface area contributed by atoms with E-state index in [1.54, 1.807) is 0 Å². The van der Waals surface area contributed by atoms with E-state index in [1.807, 2.05) is 0 Å². The Morgan fingerprint density at radius 2 is 0.642 bits per heavy atom. The quantitative estimate of drug-likeness (QED) is 0.0374. The molecule has 0 amide bonds. The maximum Gasteiger partial charge on any atom is 0.306 e. The highest BCUT2D eigenvalue weighted by atomic mass is 16.6. The van der Waals surface area contributed by atoms with Gasteiger partial charge in [0.15, 0.2) is 6.10 Å². The van der Waals surface area contributed by atoms with E-state index < -0.39 is 6.10 Å². The third kappa shape index (κ3) is 55.8. The number of carbonyl (C=O) groups is 2. The lowest BCUT2D eigenvalue weighted by atomic mass is 10.0. The van der Waals surface area contributed by atoms with Gasteiger partial charge in [-0.2, -0.15) is 0 Å². The molecule has 0 aromatic heterocycles. The summed E-state index contributed by atoms with van der Waals surface area (Å²) < 4.78 is 10.7. The minimum Gasteiger partial charge on any atom is -0.462 e. The van der Waals surface area contributed by atoms with Crippen molar-refractivity contribution in [3.63, 3.8) is 0 Å². The van der Waals surface area contributed by atoms with Gasteiger partial charge in [-0.3, -0.25) is 9.59 Å². The number of aliphatic hydroxyl groups excluding tert-OH is 1. The molecule has 5 nitrogen and oxygen atoms in total. The van der Waals surface area contributed by atoms with Crippen molar-refractivity contribution >= 4 is 11.9 Å². The van der Waals surface area contributed by atoms with E-state index in [9.17, 15) is 14.7 Å². The van der Waals surface area contributed by atoms with Gasteiger partial charge in [-0.25, -0.2) is 0 Å². The van der Waals surface area contributed by atoms with Gasteiger partial charge >= 0.3 is 11.9 Å². The minimum absolute atomic E-state index is 0.0635. The maximum atomic E-state index is 12.3. The molecule has 0 heterocycles. The van der Waals surface area contributed by atoms with Crippen LogP contribution in [0.4, 0.5) is 0 Å². The van der Waals surface area contributed by atoms with Gasteiger partial charge < -0.3 is 14.6 Å². The van der Waals surface area contributed by atoms with Crippen molar-refractivity contribution in [2.75, 3.05) is 13.2 Å². The molecule has 1 N–H and O–H groups in total. The summed E-state index contributed by atoms with van der Waals surface area (Å²) in [5.74, 6) is -0.579. The van der Waals surface area contributed by atoms with Gasteiger partial charge in [0.05, 0.1) is 6.61 Å². The number of carbonyl (C=O) groups excluding carboxylic acids is 2. The SMILES string of the molecule is CC/C=C\C/C=C\C/C=C\C/C=C\C/C=C\C/C=C\CCCCCCCCCCCCCCCCC(=O)OC(CO)COC(=O)CCCCCCCCCCCCCCCCCCCCCC. The molecule has 0 saturated heterocycles. The molecule has 0 aliphatic heterocycles. The van der Waals surface area contributed by atoms with Crippen LogP contribution in [-0.4, -0.2) is 36.4 Å². The van der Waals surface area contributed by atoms with Crippen LogP contribution in [0.1, 0.15) is 290 Å². The van der Waals surface area contributed by atoms with Gasteiger partial charge in [0.2, 0.25) is 0 Å². The fraction of sp³-hybridized carbons (Fsp3) is 0.774. The zero-order valence-electron chi connectivity index (χ0n) is 44.4. The number of esters is 2. The van der Waals surface area contributed by atoms with Crippen LogP contribution >= 0.6 is 0 Å². The molecule has 5 heteroatoms. The molecule has 0 bridgehead atoms. The smallest absolute Gasteiger partial charge is 0.306 e. The predicted molar refractivity (Wildman–Crippen MR) is 293 cm³/mol. The molecule has 0 aromatic rings. The number of hydrogen-bond acceptors (Lipinski definition) is 5. The van der Waals surface area contributed by atoms with E-state index in [-0.39, 0.29) is 25.2 Å². The van der Waals surface area contributed by atoms with Crippen molar-refractivity contribution in [2.45, 2.75) is 296 Å². The molecule has 1 unspecified atom stereocenters. The van der Waals surface area contributed by atoms with Crippen molar-refractivity contribution < 1.29 is 24.2 Å². The lowest BCUT2D eigenvalue weighted by Crippen LogP contribution is -2.28. The second kappa shape index (κ2) is 57.7. The van der Waals surface area contributed by atoms with E-state index in [0.29, 0.717) is 12.8 Å². The maximum absolute atomic E-state index is 12.3. The van der Waals surface area contributed by atoms with Gasteiger partial charge in [-0.1, -0.05) is 286 Å². The van der Waals surface area contributed by atoms with E-state index in [0.717, 1.165) is 77.0 Å². The molecule has 0 fully saturated rings. The first kappa shape index (κ1) is 64.3. The highest BCUT2D eigenvalue weighted by molar-refractivity contribution is 5.70. The van der Waals surface area contributed by atoms with Crippen LogP contribution in [0.25, 0.3) is 0 Å². The third-order valence-corrected chi connectivity index (χ3v) is 12.8. The highest BCUT2D eigenvalue weighted by Gasteiger charge is 2.16. The molecule has 67 heavy (non-hydrogen) atoms. The summed E-state index contributed by atoms with van der Waals surface area (Å²) in [6, 6.07) is 0. The molecule has 0 rings (SSSR count). The van der Waals surface area contributed by atoms with E-state index in [4.69, 9.17) is 9.47 Å². The van der Waals surface area contributed by atoms with Crippen LogP contribution in [-0.2, 0) is 19.1 Å². The highest BCUT2D eigenvalue weighted by Crippen LogP contribution is 2.17. The van der Waals surface area contributed by atoms with E-state index >= 15 is 0 Å². The summed E-state index contributed by atoms with van der Waals surface area (Å²) in [6.45, 7) is 4.06. The number of rotatable bonds is 53. The zero-order valence-corrected chi connectivity index (χ0v) is 44.4. The summed E-state index contributed by atoms with van der Waals surface area (Å²) in [4.78, 5) is 24.5. The molecule has 388 valence electrons. The summed E-state index contributed by atoms with van der Waals surface area (Å²) in [5.41, 5.74) is 0. The Morgan fingerprint density at radius 3 is 0.970 bits per heavy atom. The lowest BCUT2D eigenvalue weighted by molar-refractivity contribution is -0.161. The number of aliphatic hydroxyl groups is 1. The molecule has 0 aliphatic rings. The first-order valence-corrected chi connectivity index (χ1v) is 29.0. The van der Waals surface area contributed by atoms with Crippen LogP contribution < -0.4 is 0 Å². The Labute approximate surface area is 416 Å². The van der Waals surface area contributed by atoms with E-state index in [1.165, 1.54) is 186 Å². The van der Waals surface area contributed by atoms with Crippen LogP contribution in [0.3, 0.4) is 0 Å². The molecular weight excluding hydrogens is 825 g/mol. The summed E-state index contributed by atoms with van der Waals surface area (Å²) >= 11 is 0. The average Bonchev–Trinajstić information content (AvgIpc) is 3.33. The van der Waals surface area contributed by atoms with Crippen molar-refractivity contribution in [3.05, 3.63) is 72.9 Å². The van der Waals surface area contributed by atoms with Crippen LogP contribution in [0.15, 0.2) is 72.9 Å². The Bertz CT molecular complexity index is 1190. The standard InChI is InChI=1S/C62H110O5/c1-3-5-7-9-11-13-15-17-19-21-23-25-26-27-28-29-30-31-32-33-34-35-36-37-39-41-43-45-47-49-51-53-55-57-62(65)67-60(58-63)59-66-61(64)56-54-52-50-48-46-44-42-40-38-24-22-20-18-16-14-12-10-8-6-4-2/h5,7,11,13,17,19,23,25,27-28,30-31,60,63H,3-4,6,8-10,12,14-16,18,20-22,24,26,29,32-59H2,1-2H3/b7-5-,13-11-,19-17-,25-23-,28-27-,31-30-. The Balaban J connectivity index is 3.47. The zero-order chi connectivity index (χ0) is 48.5. The molecule has 1 atom stereocenters. The summed E-state index contributed by atoms with van der Waals surface area (Å²) in [7, 11) is 0. The van der Waals surface area contributed by atoms with Crippen LogP contribution in [0.5, 0.6) is 0 Å². The van der Waals surface area contributed by atoms with Gasteiger partial charge in [0.25, 0.3) is 0 Å². The van der Waals surface area contributed by atoms with Crippen LogP contribution in [0, 0.1) is 0 Å². The summed E-state index contributed by atoms with van der Waals surface area (Å²) in [6.07, 6.45) is 78.8. The first-order valence-electron chi connectivity index (χ1n) is 29.0. The largest absolute Gasteiger partial charge is 0.462 e. The van der Waals surface area contributed by atoms with Crippen molar-refractivity contribution in [1.29, 1.82) is 0 Å². The third-order valence-electron chi connectivity index (χ3n) is 12.8. The number of unbranched alkanes of at least 4 members (excludes halogenated alkanes) is 33. The molecule has 0 aromatic carbocycles. The number of hydrogen-bond donors (Lipinski definition) is 1. The Kier molecular flexibility index (Phi) is 55.4. The molecule has 0 saturated carbocycles. The molecule has 0 spiro atoms. The van der Waals surface area contributed by atoms with Gasteiger partial charge in [0.1, 0.15) is 6.61 Å². The lowest BCUT2D eigenvalue weighted by Gasteiger charge is -2.15. The number of allylic oxidation sites excluding steroid dienone is 12. The summed E-state index contributed by atoms with van der Waals surface area (Å²) in [5, 5.41) is 9.66. The minimum atomic E-state index is -0.773. The Morgan fingerprint density at radius 1 is 0.358 bits per heavy atom. The van der Waals surface area contributed by atoms with Gasteiger partial charge in [0, 0.05) is 12.8 Å². The first-order chi connectivity index (χ1) is 33.1. The predicted octanol–water partition coefficient (Wildman–Crippen LogP) is 19.6. The van der Waals surface area contributed by atoms with Gasteiger partial charge in [-0.15, -0.1) is 0 Å². The van der Waals surface area contributed by atoms with Crippen molar-refractivity contribution in [2.24, 2.45) is 0 Å². The van der Waals surface area contributed by atoms with Gasteiger partial charge in [-0.05, 0) is 64.2 Å². The van der Waals surface area contributed by atoms with Crippen molar-refractivity contribution in [3.8, 4) is 0 Å². The molecule has 0 radical (unpaired) electrons. The number of ether oxygens (including phenoxy) is 2. The monoisotopic (exact) mass is 935 g/mol. The fourth-order valence-corrected chi connectivity index (χ4v) is 8.44. The van der Waals surface area contributed by atoms with Crippen LogP contribution in [0.2, 0.25) is 0 Å². The second-order valence-electron chi connectivity index (χ2n) is 19.3. The second-order valence-corrected chi connectivity index (χ2v) is 19.3. The Hall–Kier alpha value is -2.66. The molecule has 0 aliphatic carbocycles. The normalized spacial score (nSPS) is 12.7. The topological polar surface area (TPSA) is 72.8 Å². The fourth-order valence-electron chi connectivity index (χ4n) is 8.44.